The lowest BCUT2D eigenvalue weighted by Gasteiger charge is -2.31. The number of hydrogen-bond donors (Lipinski definition) is 1. The third-order valence-corrected chi connectivity index (χ3v) is 3.61. The van der Waals surface area contributed by atoms with Crippen LogP contribution < -0.4 is 5.32 Å². The highest BCUT2D eigenvalue weighted by molar-refractivity contribution is 5.49. The molecule has 6 heteroatoms. The zero-order chi connectivity index (χ0) is 13.8. The van der Waals surface area contributed by atoms with E-state index in [1.165, 1.54) is 19.2 Å². The van der Waals surface area contributed by atoms with E-state index in [0.29, 0.717) is 12.0 Å². The number of nitrogens with one attached hydrogen (secondary N) is 1. The molecule has 1 aliphatic rings. The molecular formula is C14H18N6. The Bertz CT molecular complexity index is 559. The molecular weight excluding hydrogens is 252 g/mol. The van der Waals surface area contributed by atoms with Crippen LogP contribution in [0.2, 0.25) is 0 Å². The summed E-state index contributed by atoms with van der Waals surface area (Å²) in [6.45, 7) is 1.13. The van der Waals surface area contributed by atoms with Gasteiger partial charge in [-0.25, -0.2) is 19.9 Å². The zero-order valence-corrected chi connectivity index (χ0v) is 11.5. The summed E-state index contributed by atoms with van der Waals surface area (Å²) in [4.78, 5) is 19.2. The first-order valence-electron chi connectivity index (χ1n) is 6.88. The fraction of sp³-hybridized carbons (Fsp3) is 0.429. The molecule has 0 amide bonds. The molecule has 6 nitrogen and oxygen atoms in total. The van der Waals surface area contributed by atoms with E-state index in [2.05, 4.69) is 37.2 Å². The standard InChI is InChI=1S/C14H18N6/c1-20-7-3-2-4-13(20)12-5-6-17-14(19-12)18-11-8-15-10-16-9-11/h5-6,8-10,13H,2-4,7H2,1H3,(H,17,18,19). The van der Waals surface area contributed by atoms with Gasteiger partial charge in [-0.2, -0.15) is 0 Å². The van der Waals surface area contributed by atoms with Crippen molar-refractivity contribution < 1.29 is 0 Å². The predicted octanol–water partition coefficient (Wildman–Crippen LogP) is 2.17. The highest BCUT2D eigenvalue weighted by Crippen LogP contribution is 2.28. The molecule has 0 aliphatic carbocycles. The fourth-order valence-electron chi connectivity index (χ4n) is 2.56. The van der Waals surface area contributed by atoms with E-state index in [-0.39, 0.29) is 0 Å². The third kappa shape index (κ3) is 2.91. The number of rotatable bonds is 3. The van der Waals surface area contributed by atoms with Gasteiger partial charge in [0.1, 0.15) is 6.33 Å². The van der Waals surface area contributed by atoms with Gasteiger partial charge in [-0.1, -0.05) is 6.42 Å². The predicted molar refractivity (Wildman–Crippen MR) is 76.6 cm³/mol. The van der Waals surface area contributed by atoms with Crippen molar-refractivity contribution >= 4 is 11.6 Å². The van der Waals surface area contributed by atoms with Gasteiger partial charge < -0.3 is 5.32 Å². The van der Waals surface area contributed by atoms with Crippen LogP contribution in [0.15, 0.2) is 31.0 Å². The van der Waals surface area contributed by atoms with Crippen molar-refractivity contribution in [2.45, 2.75) is 25.3 Å². The van der Waals surface area contributed by atoms with Gasteiger partial charge in [0.2, 0.25) is 5.95 Å². The van der Waals surface area contributed by atoms with E-state index in [1.54, 1.807) is 18.6 Å². The quantitative estimate of drug-likeness (QED) is 0.922. The second kappa shape index (κ2) is 5.92. The van der Waals surface area contributed by atoms with E-state index in [4.69, 9.17) is 0 Å². The molecule has 0 spiro atoms. The molecule has 0 aromatic carbocycles. The van der Waals surface area contributed by atoms with E-state index < -0.39 is 0 Å². The molecule has 3 rings (SSSR count). The van der Waals surface area contributed by atoms with Crippen LogP contribution in [0.5, 0.6) is 0 Å². The third-order valence-electron chi connectivity index (χ3n) is 3.61. The number of likely N-dealkylation sites (tertiary alicyclic amines) is 1. The molecule has 0 saturated carbocycles. The minimum atomic E-state index is 0.388. The normalized spacial score (nSPS) is 19.8. The zero-order valence-electron chi connectivity index (χ0n) is 11.5. The minimum absolute atomic E-state index is 0.388. The van der Waals surface area contributed by atoms with Gasteiger partial charge >= 0.3 is 0 Å². The summed E-state index contributed by atoms with van der Waals surface area (Å²) < 4.78 is 0. The highest BCUT2D eigenvalue weighted by Gasteiger charge is 2.22. The number of hydrogen-bond acceptors (Lipinski definition) is 6. The Morgan fingerprint density at radius 3 is 2.90 bits per heavy atom. The summed E-state index contributed by atoms with van der Waals surface area (Å²) in [6, 6.07) is 2.39. The van der Waals surface area contributed by atoms with Crippen molar-refractivity contribution in [3.05, 3.63) is 36.7 Å². The van der Waals surface area contributed by atoms with Gasteiger partial charge in [0.25, 0.3) is 0 Å². The number of aromatic nitrogens is 4. The monoisotopic (exact) mass is 270 g/mol. The second-order valence-electron chi connectivity index (χ2n) is 5.05. The average Bonchev–Trinajstić information content (AvgIpc) is 2.49. The van der Waals surface area contributed by atoms with Crippen molar-refractivity contribution in [2.75, 3.05) is 18.9 Å². The molecule has 20 heavy (non-hydrogen) atoms. The largest absolute Gasteiger partial charge is 0.322 e. The Kier molecular flexibility index (Phi) is 3.83. The van der Waals surface area contributed by atoms with Gasteiger partial charge in [0, 0.05) is 6.20 Å². The Morgan fingerprint density at radius 2 is 2.10 bits per heavy atom. The van der Waals surface area contributed by atoms with Gasteiger partial charge in [-0.15, -0.1) is 0 Å². The Morgan fingerprint density at radius 1 is 1.25 bits per heavy atom. The molecule has 1 saturated heterocycles. The lowest BCUT2D eigenvalue weighted by molar-refractivity contribution is 0.183. The smallest absolute Gasteiger partial charge is 0.227 e. The molecule has 1 N–H and O–H groups in total. The van der Waals surface area contributed by atoms with Crippen LogP contribution in [-0.4, -0.2) is 38.4 Å². The average molecular weight is 270 g/mol. The van der Waals surface area contributed by atoms with Gasteiger partial charge in [0.15, 0.2) is 0 Å². The molecule has 2 aromatic rings. The lowest BCUT2D eigenvalue weighted by Crippen LogP contribution is -2.30. The second-order valence-corrected chi connectivity index (χ2v) is 5.05. The van der Waals surface area contributed by atoms with Crippen LogP contribution in [-0.2, 0) is 0 Å². The fourth-order valence-corrected chi connectivity index (χ4v) is 2.56. The topological polar surface area (TPSA) is 66.8 Å². The summed E-state index contributed by atoms with van der Waals surface area (Å²) in [6.07, 6.45) is 10.4. The maximum Gasteiger partial charge on any atom is 0.227 e. The van der Waals surface area contributed by atoms with Gasteiger partial charge in [-0.05, 0) is 32.5 Å². The first-order valence-corrected chi connectivity index (χ1v) is 6.88. The van der Waals surface area contributed by atoms with Crippen LogP contribution in [0.3, 0.4) is 0 Å². The van der Waals surface area contributed by atoms with Crippen molar-refractivity contribution in [2.24, 2.45) is 0 Å². The van der Waals surface area contributed by atoms with Crippen LogP contribution in [0.1, 0.15) is 31.0 Å². The molecule has 3 heterocycles. The van der Waals surface area contributed by atoms with Crippen molar-refractivity contribution in [1.29, 1.82) is 0 Å². The Hall–Kier alpha value is -2.08. The molecule has 1 fully saturated rings. The first kappa shape index (κ1) is 12.9. The molecule has 1 aliphatic heterocycles. The lowest BCUT2D eigenvalue weighted by atomic mass is 10.00. The van der Waals surface area contributed by atoms with Crippen LogP contribution >= 0.6 is 0 Å². The maximum absolute atomic E-state index is 4.62. The van der Waals surface area contributed by atoms with Crippen LogP contribution in [0.25, 0.3) is 0 Å². The van der Waals surface area contributed by atoms with E-state index >= 15 is 0 Å². The van der Waals surface area contributed by atoms with E-state index in [1.807, 2.05) is 6.07 Å². The Labute approximate surface area is 118 Å². The number of nitrogens with zero attached hydrogens (tertiary/aromatic N) is 5. The molecule has 0 radical (unpaired) electrons. The molecule has 1 atom stereocenters. The molecule has 2 aromatic heterocycles. The highest BCUT2D eigenvalue weighted by atomic mass is 15.2. The van der Waals surface area contributed by atoms with Gasteiger partial charge in [-0.3, -0.25) is 4.90 Å². The van der Waals surface area contributed by atoms with Gasteiger partial charge in [0.05, 0.1) is 29.8 Å². The molecule has 104 valence electrons. The van der Waals surface area contributed by atoms with E-state index in [9.17, 15) is 0 Å². The number of anilines is 2. The van der Waals surface area contributed by atoms with Crippen molar-refractivity contribution in [3.8, 4) is 0 Å². The van der Waals surface area contributed by atoms with Crippen LogP contribution in [0.4, 0.5) is 11.6 Å². The first-order chi connectivity index (χ1) is 9.83. The Balaban J connectivity index is 1.79. The maximum atomic E-state index is 4.62. The number of piperidine rings is 1. The van der Waals surface area contributed by atoms with Crippen molar-refractivity contribution in [3.63, 3.8) is 0 Å². The van der Waals surface area contributed by atoms with Crippen LogP contribution in [0, 0.1) is 0 Å². The summed E-state index contributed by atoms with van der Waals surface area (Å²) in [5.41, 5.74) is 1.86. The SMILES string of the molecule is CN1CCCCC1c1ccnc(Nc2cncnc2)n1. The summed E-state index contributed by atoms with van der Waals surface area (Å²) >= 11 is 0. The molecule has 1 unspecified atom stereocenters. The summed E-state index contributed by atoms with van der Waals surface area (Å²) in [5, 5.41) is 3.13. The summed E-state index contributed by atoms with van der Waals surface area (Å²) in [7, 11) is 2.16. The molecule has 0 bridgehead atoms. The minimum Gasteiger partial charge on any atom is -0.322 e. The summed E-state index contributed by atoms with van der Waals surface area (Å²) in [5.74, 6) is 0.594. The van der Waals surface area contributed by atoms with Crippen molar-refractivity contribution in [1.82, 2.24) is 24.8 Å². The van der Waals surface area contributed by atoms with E-state index in [0.717, 1.165) is 24.3 Å².